The molecule has 0 saturated heterocycles. The van der Waals surface area contributed by atoms with Gasteiger partial charge in [0, 0.05) is 18.2 Å². The van der Waals surface area contributed by atoms with Crippen molar-refractivity contribution in [2.75, 3.05) is 20.8 Å². The Kier molecular flexibility index (Phi) is 6.67. The van der Waals surface area contributed by atoms with E-state index in [0.717, 1.165) is 29.9 Å². The molecule has 19 heavy (non-hydrogen) atoms. The molecule has 0 aromatic heterocycles. The average molecular weight is 267 g/mol. The Morgan fingerprint density at radius 3 is 2.42 bits per heavy atom. The minimum Gasteiger partial charge on any atom is -0.497 e. The van der Waals surface area contributed by atoms with E-state index in [9.17, 15) is 0 Å². The molecule has 108 valence electrons. The van der Waals surface area contributed by atoms with Crippen molar-refractivity contribution in [3.8, 4) is 11.5 Å². The Labute approximate surface area is 115 Å². The molecule has 0 fully saturated rings. The van der Waals surface area contributed by atoms with Crippen LogP contribution in [-0.4, -0.2) is 26.9 Å². The predicted octanol–water partition coefficient (Wildman–Crippen LogP) is 2.91. The molecule has 0 saturated carbocycles. The maximum absolute atomic E-state index is 6.33. The van der Waals surface area contributed by atoms with Gasteiger partial charge in [-0.1, -0.05) is 13.3 Å². The second-order valence-electron chi connectivity index (χ2n) is 4.42. The highest BCUT2D eigenvalue weighted by atomic mass is 16.5. The van der Waals surface area contributed by atoms with Crippen LogP contribution in [0.5, 0.6) is 11.5 Å². The van der Waals surface area contributed by atoms with Gasteiger partial charge < -0.3 is 19.9 Å². The topological polar surface area (TPSA) is 53.7 Å². The first-order valence-corrected chi connectivity index (χ1v) is 6.76. The lowest BCUT2D eigenvalue weighted by atomic mass is 9.98. The van der Waals surface area contributed by atoms with Crippen LogP contribution in [0.1, 0.15) is 38.3 Å². The molecule has 2 N–H and O–H groups in total. The van der Waals surface area contributed by atoms with Gasteiger partial charge in [-0.15, -0.1) is 0 Å². The highest BCUT2D eigenvalue weighted by Gasteiger charge is 2.22. The van der Waals surface area contributed by atoms with Gasteiger partial charge in [-0.25, -0.2) is 0 Å². The number of hydrogen-bond donors (Lipinski definition) is 1. The number of rotatable bonds is 8. The fraction of sp³-hybridized carbons (Fsp3) is 0.600. The number of nitrogens with two attached hydrogens (primary N) is 1. The minimum atomic E-state index is -0.194. The molecule has 0 aliphatic rings. The van der Waals surface area contributed by atoms with E-state index in [-0.39, 0.29) is 12.1 Å². The third kappa shape index (κ3) is 4.11. The van der Waals surface area contributed by atoms with Crippen LogP contribution >= 0.6 is 0 Å². The monoisotopic (exact) mass is 267 g/mol. The summed E-state index contributed by atoms with van der Waals surface area (Å²) in [7, 11) is 3.27. The van der Waals surface area contributed by atoms with E-state index in [4.69, 9.17) is 19.9 Å². The molecule has 4 heteroatoms. The summed E-state index contributed by atoms with van der Waals surface area (Å²) in [6.07, 6.45) is 1.98. The third-order valence-electron chi connectivity index (χ3n) is 3.15. The van der Waals surface area contributed by atoms with Gasteiger partial charge in [0.1, 0.15) is 11.5 Å². The molecular weight excluding hydrogens is 242 g/mol. The lowest BCUT2D eigenvalue weighted by Crippen LogP contribution is -2.29. The molecule has 4 nitrogen and oxygen atoms in total. The summed E-state index contributed by atoms with van der Waals surface area (Å²) in [5, 5.41) is 0. The minimum absolute atomic E-state index is 0.0114. The van der Waals surface area contributed by atoms with Gasteiger partial charge in [0.2, 0.25) is 0 Å². The van der Waals surface area contributed by atoms with E-state index < -0.39 is 0 Å². The Hall–Kier alpha value is -1.26. The Morgan fingerprint density at radius 2 is 1.89 bits per heavy atom. The van der Waals surface area contributed by atoms with E-state index in [1.807, 2.05) is 25.1 Å². The molecule has 0 spiro atoms. The molecule has 1 aromatic rings. The van der Waals surface area contributed by atoms with Crippen molar-refractivity contribution in [1.82, 2.24) is 0 Å². The molecule has 2 unspecified atom stereocenters. The predicted molar refractivity (Wildman–Crippen MR) is 76.8 cm³/mol. The average Bonchev–Trinajstić information content (AvgIpc) is 2.45. The second kappa shape index (κ2) is 8.02. The van der Waals surface area contributed by atoms with Gasteiger partial charge in [0.05, 0.1) is 26.4 Å². The molecule has 0 bridgehead atoms. The zero-order valence-corrected chi connectivity index (χ0v) is 12.3. The van der Waals surface area contributed by atoms with Crippen LogP contribution in [0.15, 0.2) is 18.2 Å². The first kappa shape index (κ1) is 15.8. The summed E-state index contributed by atoms with van der Waals surface area (Å²) in [6.45, 7) is 4.78. The Bertz CT molecular complexity index is 376. The molecule has 1 rings (SSSR count). The molecule has 0 heterocycles. The highest BCUT2D eigenvalue weighted by Crippen LogP contribution is 2.31. The summed E-state index contributed by atoms with van der Waals surface area (Å²) in [5.74, 6) is 1.50. The van der Waals surface area contributed by atoms with Crippen LogP contribution in [0.3, 0.4) is 0 Å². The van der Waals surface area contributed by atoms with Gasteiger partial charge in [0.25, 0.3) is 0 Å². The summed E-state index contributed by atoms with van der Waals surface area (Å²) in [4.78, 5) is 0. The summed E-state index contributed by atoms with van der Waals surface area (Å²) >= 11 is 0. The molecule has 2 atom stereocenters. The molecular formula is C15H25NO3. The van der Waals surface area contributed by atoms with E-state index in [2.05, 4.69) is 6.92 Å². The van der Waals surface area contributed by atoms with Crippen molar-refractivity contribution < 1.29 is 14.2 Å². The molecule has 0 amide bonds. The smallest absolute Gasteiger partial charge is 0.127 e. The number of hydrogen-bond acceptors (Lipinski definition) is 4. The first-order valence-electron chi connectivity index (χ1n) is 6.76. The van der Waals surface area contributed by atoms with Crippen molar-refractivity contribution in [3.63, 3.8) is 0 Å². The van der Waals surface area contributed by atoms with Crippen molar-refractivity contribution >= 4 is 0 Å². The van der Waals surface area contributed by atoms with Gasteiger partial charge in [-0.2, -0.15) is 0 Å². The van der Waals surface area contributed by atoms with Gasteiger partial charge in [-0.3, -0.25) is 0 Å². The van der Waals surface area contributed by atoms with Crippen LogP contribution < -0.4 is 15.2 Å². The normalized spacial score (nSPS) is 13.9. The van der Waals surface area contributed by atoms with Crippen LogP contribution in [-0.2, 0) is 4.74 Å². The fourth-order valence-electron chi connectivity index (χ4n) is 2.16. The second-order valence-corrected chi connectivity index (χ2v) is 4.42. The number of methoxy groups -OCH3 is 2. The standard InChI is InChI=1S/C15H25NO3/c1-5-7-13(19-6-2)15(16)12-9-8-11(17-3)10-14(12)18-4/h8-10,13,15H,5-7,16H2,1-4H3. The molecule has 1 aromatic carbocycles. The summed E-state index contributed by atoms with van der Waals surface area (Å²) in [6, 6.07) is 5.50. The SMILES string of the molecule is CCCC(OCC)C(N)c1ccc(OC)cc1OC. The van der Waals surface area contributed by atoms with E-state index in [0.29, 0.717) is 6.61 Å². The van der Waals surface area contributed by atoms with E-state index in [1.54, 1.807) is 14.2 Å². The number of ether oxygens (including phenoxy) is 3. The van der Waals surface area contributed by atoms with Gasteiger partial charge >= 0.3 is 0 Å². The van der Waals surface area contributed by atoms with E-state index >= 15 is 0 Å². The van der Waals surface area contributed by atoms with Crippen LogP contribution in [0.4, 0.5) is 0 Å². The summed E-state index contributed by atoms with van der Waals surface area (Å²) in [5.41, 5.74) is 7.29. The lowest BCUT2D eigenvalue weighted by Gasteiger charge is -2.25. The first-order chi connectivity index (χ1) is 9.17. The van der Waals surface area contributed by atoms with Gasteiger partial charge in [-0.05, 0) is 25.5 Å². The molecule has 0 aliphatic heterocycles. The zero-order valence-electron chi connectivity index (χ0n) is 12.3. The molecule has 0 aliphatic carbocycles. The van der Waals surface area contributed by atoms with Gasteiger partial charge in [0.15, 0.2) is 0 Å². The largest absolute Gasteiger partial charge is 0.497 e. The van der Waals surface area contributed by atoms with E-state index in [1.165, 1.54) is 0 Å². The van der Waals surface area contributed by atoms with Crippen LogP contribution in [0.25, 0.3) is 0 Å². The quantitative estimate of drug-likeness (QED) is 0.787. The highest BCUT2D eigenvalue weighted by molar-refractivity contribution is 5.42. The van der Waals surface area contributed by atoms with Crippen molar-refractivity contribution in [2.45, 2.75) is 38.8 Å². The van der Waals surface area contributed by atoms with Crippen molar-refractivity contribution in [2.24, 2.45) is 5.73 Å². The molecule has 0 radical (unpaired) electrons. The van der Waals surface area contributed by atoms with Crippen molar-refractivity contribution in [1.29, 1.82) is 0 Å². The fourth-order valence-corrected chi connectivity index (χ4v) is 2.16. The maximum Gasteiger partial charge on any atom is 0.127 e. The Morgan fingerprint density at radius 1 is 1.16 bits per heavy atom. The third-order valence-corrected chi connectivity index (χ3v) is 3.15. The maximum atomic E-state index is 6.33. The number of benzene rings is 1. The van der Waals surface area contributed by atoms with Crippen molar-refractivity contribution in [3.05, 3.63) is 23.8 Å². The zero-order chi connectivity index (χ0) is 14.3. The summed E-state index contributed by atoms with van der Waals surface area (Å²) < 4.78 is 16.3. The lowest BCUT2D eigenvalue weighted by molar-refractivity contribution is 0.0369. The van der Waals surface area contributed by atoms with Crippen LogP contribution in [0, 0.1) is 0 Å². The Balaban J connectivity index is 2.98. The van der Waals surface area contributed by atoms with Crippen LogP contribution in [0.2, 0.25) is 0 Å².